The van der Waals surface area contributed by atoms with E-state index in [-0.39, 0.29) is 29.8 Å². The van der Waals surface area contributed by atoms with Crippen molar-refractivity contribution in [3.63, 3.8) is 0 Å². The van der Waals surface area contributed by atoms with Crippen molar-refractivity contribution in [1.82, 2.24) is 20.0 Å². The normalized spacial score (nSPS) is 12.5. The summed E-state index contributed by atoms with van der Waals surface area (Å²) in [6.45, 7) is 3.80. The lowest BCUT2D eigenvalue weighted by Crippen LogP contribution is -2.34. The second-order valence-electron chi connectivity index (χ2n) is 8.34. The van der Waals surface area contributed by atoms with Gasteiger partial charge in [0.2, 0.25) is 15.9 Å². The zero-order chi connectivity index (χ0) is 24.1. The minimum atomic E-state index is -3.69. The van der Waals surface area contributed by atoms with Crippen LogP contribution >= 0.6 is 0 Å². The summed E-state index contributed by atoms with van der Waals surface area (Å²) >= 11 is 0. The molecule has 4 rings (SSSR count). The molecule has 3 N–H and O–H groups in total. The molecule has 0 saturated heterocycles. The molecular weight excluding hydrogens is 448 g/mol. The van der Waals surface area contributed by atoms with Crippen LogP contribution in [0.25, 0.3) is 11.0 Å². The highest BCUT2D eigenvalue weighted by Crippen LogP contribution is 2.20. The average Bonchev–Trinajstić information content (AvgIpc) is 3.25. The Bertz CT molecular complexity index is 1370. The van der Waals surface area contributed by atoms with Crippen molar-refractivity contribution < 1.29 is 13.2 Å². The van der Waals surface area contributed by atoms with Crippen molar-refractivity contribution in [2.45, 2.75) is 37.6 Å². The van der Waals surface area contributed by atoms with E-state index in [1.807, 2.05) is 68.4 Å². The summed E-state index contributed by atoms with van der Waals surface area (Å²) in [4.78, 5) is 20.9. The van der Waals surface area contributed by atoms with Crippen molar-refractivity contribution in [2.75, 3.05) is 6.54 Å². The summed E-state index contributed by atoms with van der Waals surface area (Å²) in [5, 5.41) is 3.02. The first-order valence-electron chi connectivity index (χ1n) is 11.2. The maximum absolute atomic E-state index is 12.8. The van der Waals surface area contributed by atoms with Gasteiger partial charge in [0.05, 0.1) is 22.0 Å². The number of carbonyl (C=O) groups excluding carboxylic acids is 1. The van der Waals surface area contributed by atoms with Crippen LogP contribution in [0.2, 0.25) is 0 Å². The number of hydrogen-bond acceptors (Lipinski definition) is 4. The number of carbonyl (C=O) groups is 1. The van der Waals surface area contributed by atoms with Crippen LogP contribution in [0.4, 0.5) is 0 Å². The lowest BCUT2D eigenvalue weighted by Gasteiger charge is -2.17. The number of imidazole rings is 1. The van der Waals surface area contributed by atoms with Crippen molar-refractivity contribution in [2.24, 2.45) is 0 Å². The fraction of sp³-hybridized carbons (Fsp3) is 0.231. The van der Waals surface area contributed by atoms with E-state index in [4.69, 9.17) is 0 Å². The van der Waals surface area contributed by atoms with Crippen LogP contribution in [0.5, 0.6) is 0 Å². The predicted octanol–water partition coefficient (Wildman–Crippen LogP) is 3.95. The molecule has 0 bridgehead atoms. The summed E-state index contributed by atoms with van der Waals surface area (Å²) in [5.74, 6) is 0.401. The number of nitrogens with zero attached hydrogens (tertiary/aromatic N) is 1. The Balaban J connectivity index is 1.43. The van der Waals surface area contributed by atoms with Crippen LogP contribution in [0.3, 0.4) is 0 Å². The number of hydrogen-bond donors (Lipinski definition) is 3. The number of para-hydroxylation sites is 2. The van der Waals surface area contributed by atoms with E-state index >= 15 is 0 Å². The maximum Gasteiger partial charge on any atom is 0.240 e. The number of nitrogens with one attached hydrogen (secondary N) is 3. The van der Waals surface area contributed by atoms with Crippen LogP contribution in [0.1, 0.15) is 35.0 Å². The zero-order valence-corrected chi connectivity index (χ0v) is 20.0. The Morgan fingerprint density at radius 2 is 1.71 bits per heavy atom. The molecule has 1 heterocycles. The second-order valence-corrected chi connectivity index (χ2v) is 10.1. The Morgan fingerprint density at radius 1 is 0.971 bits per heavy atom. The van der Waals surface area contributed by atoms with Gasteiger partial charge in [-0.25, -0.2) is 18.1 Å². The van der Waals surface area contributed by atoms with Gasteiger partial charge in [-0.1, -0.05) is 48.5 Å². The molecule has 176 valence electrons. The van der Waals surface area contributed by atoms with Gasteiger partial charge < -0.3 is 10.3 Å². The molecule has 1 atom stereocenters. The summed E-state index contributed by atoms with van der Waals surface area (Å²) in [6.07, 6.45) is 0.566. The molecule has 34 heavy (non-hydrogen) atoms. The Morgan fingerprint density at radius 3 is 2.44 bits per heavy atom. The van der Waals surface area contributed by atoms with Gasteiger partial charge in [0.25, 0.3) is 0 Å². The number of amides is 1. The fourth-order valence-electron chi connectivity index (χ4n) is 3.73. The first kappa shape index (κ1) is 23.7. The van der Waals surface area contributed by atoms with Crippen molar-refractivity contribution >= 4 is 27.0 Å². The van der Waals surface area contributed by atoms with Crippen molar-refractivity contribution in [1.29, 1.82) is 0 Å². The second kappa shape index (κ2) is 10.2. The predicted molar refractivity (Wildman–Crippen MR) is 133 cm³/mol. The topological polar surface area (TPSA) is 104 Å². The highest BCUT2D eigenvalue weighted by Gasteiger charge is 2.20. The summed E-state index contributed by atoms with van der Waals surface area (Å²) < 4.78 is 27.7. The Kier molecular flexibility index (Phi) is 7.09. The number of aromatic nitrogens is 2. The van der Waals surface area contributed by atoms with Crippen LogP contribution < -0.4 is 10.0 Å². The molecule has 0 aliphatic rings. The lowest BCUT2D eigenvalue weighted by molar-refractivity contribution is -0.121. The first-order chi connectivity index (χ1) is 16.3. The molecular formula is C26H28N4O3S. The minimum absolute atomic E-state index is 0.000716. The van der Waals surface area contributed by atoms with Crippen molar-refractivity contribution in [3.8, 4) is 0 Å². The van der Waals surface area contributed by atoms with E-state index in [0.29, 0.717) is 12.2 Å². The number of aryl methyl sites for hydroxylation is 2. The molecule has 0 aliphatic heterocycles. The summed E-state index contributed by atoms with van der Waals surface area (Å²) in [6, 6.07) is 22.2. The van der Waals surface area contributed by atoms with E-state index < -0.39 is 10.0 Å². The Hall–Kier alpha value is -3.49. The number of aromatic amines is 1. The number of sulfonamides is 1. The van der Waals surface area contributed by atoms with Gasteiger partial charge in [-0.05, 0) is 61.2 Å². The third-order valence-corrected chi connectivity index (χ3v) is 7.25. The number of fused-ring (bicyclic) bond motifs is 1. The average molecular weight is 477 g/mol. The van der Waals surface area contributed by atoms with Gasteiger partial charge in [0.1, 0.15) is 5.82 Å². The summed E-state index contributed by atoms with van der Waals surface area (Å²) in [5.41, 5.74) is 4.70. The largest absolute Gasteiger partial charge is 0.346 e. The SMILES string of the molecule is Cc1ccc(S(=O)(=O)NCCC(=O)NC(Cc2ccccc2)c2nc3ccccc3[nH]2)cc1C. The van der Waals surface area contributed by atoms with Crippen LogP contribution in [0.15, 0.2) is 77.7 Å². The molecule has 3 aromatic carbocycles. The molecule has 0 radical (unpaired) electrons. The molecule has 1 aromatic heterocycles. The van der Waals surface area contributed by atoms with E-state index in [9.17, 15) is 13.2 Å². The molecule has 0 saturated carbocycles. The highest BCUT2D eigenvalue weighted by molar-refractivity contribution is 7.89. The summed E-state index contributed by atoms with van der Waals surface area (Å²) in [7, 11) is -3.69. The van der Waals surface area contributed by atoms with E-state index in [1.54, 1.807) is 18.2 Å². The van der Waals surface area contributed by atoms with Gasteiger partial charge in [-0.2, -0.15) is 0 Å². The number of benzene rings is 3. The molecule has 0 spiro atoms. The minimum Gasteiger partial charge on any atom is -0.346 e. The number of H-pyrrole nitrogens is 1. The standard InChI is InChI=1S/C26H28N4O3S/c1-18-12-13-21(16-19(18)2)34(32,33)27-15-14-25(31)28-24(17-20-8-4-3-5-9-20)26-29-22-10-6-7-11-23(22)30-26/h3-13,16,24,27H,14-15,17H2,1-2H3,(H,28,31)(H,29,30). The van der Waals surface area contributed by atoms with Gasteiger partial charge in [0, 0.05) is 13.0 Å². The van der Waals surface area contributed by atoms with Crippen LogP contribution in [-0.4, -0.2) is 30.8 Å². The highest BCUT2D eigenvalue weighted by atomic mass is 32.2. The quantitative estimate of drug-likeness (QED) is 0.340. The smallest absolute Gasteiger partial charge is 0.240 e. The first-order valence-corrected chi connectivity index (χ1v) is 12.6. The maximum atomic E-state index is 12.8. The molecule has 1 unspecified atom stereocenters. The Labute approximate surface area is 199 Å². The third-order valence-electron chi connectivity index (χ3n) is 5.79. The third kappa shape index (κ3) is 5.70. The molecule has 1 amide bonds. The van der Waals surface area contributed by atoms with E-state index in [1.165, 1.54) is 0 Å². The van der Waals surface area contributed by atoms with E-state index in [0.717, 1.165) is 27.7 Å². The van der Waals surface area contributed by atoms with Crippen LogP contribution in [-0.2, 0) is 21.2 Å². The monoisotopic (exact) mass is 476 g/mol. The molecule has 0 fully saturated rings. The molecule has 4 aromatic rings. The van der Waals surface area contributed by atoms with Gasteiger partial charge in [0.15, 0.2) is 0 Å². The van der Waals surface area contributed by atoms with Crippen LogP contribution in [0, 0.1) is 13.8 Å². The molecule has 0 aliphatic carbocycles. The fourth-order valence-corrected chi connectivity index (χ4v) is 4.85. The van der Waals surface area contributed by atoms with Gasteiger partial charge in [-0.15, -0.1) is 0 Å². The van der Waals surface area contributed by atoms with E-state index in [2.05, 4.69) is 20.0 Å². The van der Waals surface area contributed by atoms with Crippen molar-refractivity contribution in [3.05, 3.63) is 95.3 Å². The zero-order valence-electron chi connectivity index (χ0n) is 19.2. The lowest BCUT2D eigenvalue weighted by atomic mass is 10.1. The molecule has 8 heteroatoms. The van der Waals surface area contributed by atoms with Gasteiger partial charge >= 0.3 is 0 Å². The molecule has 7 nitrogen and oxygen atoms in total. The number of rotatable bonds is 9. The van der Waals surface area contributed by atoms with Gasteiger partial charge in [-0.3, -0.25) is 4.79 Å².